The summed E-state index contributed by atoms with van der Waals surface area (Å²) in [6.45, 7) is 1.66. The van der Waals surface area contributed by atoms with Crippen LogP contribution in [0.25, 0.3) is 0 Å². The Morgan fingerprint density at radius 3 is 2.64 bits per heavy atom. The highest BCUT2D eigenvalue weighted by atomic mass is 19.1. The first-order valence-corrected chi connectivity index (χ1v) is 4.38. The molecule has 1 amide bonds. The smallest absolute Gasteiger partial charge is 0.241 e. The number of hydrogen-bond donors (Lipinski definition) is 2. The Kier molecular flexibility index (Phi) is 3.59. The summed E-state index contributed by atoms with van der Waals surface area (Å²) in [7, 11) is 1.59. The largest absolute Gasteiger partial charge is 0.291 e. The Balaban J connectivity index is 2.84. The van der Waals surface area contributed by atoms with Gasteiger partial charge in [-0.15, -0.1) is 0 Å². The predicted octanol–water partition coefficient (Wildman–Crippen LogP) is 1.18. The topological polar surface area (TPSA) is 41.1 Å². The van der Waals surface area contributed by atoms with Crippen LogP contribution in [0.5, 0.6) is 0 Å². The summed E-state index contributed by atoms with van der Waals surface area (Å²) in [4.78, 5) is 11.4. The number of carbonyl (C=O) groups is 1. The molecule has 0 aliphatic rings. The van der Waals surface area contributed by atoms with Crippen LogP contribution in [-0.2, 0) is 4.79 Å². The van der Waals surface area contributed by atoms with E-state index in [4.69, 9.17) is 0 Å². The zero-order valence-electron chi connectivity index (χ0n) is 8.17. The van der Waals surface area contributed by atoms with Crippen molar-refractivity contribution in [3.05, 3.63) is 35.6 Å². The molecule has 1 atom stereocenters. The second-order valence-electron chi connectivity index (χ2n) is 2.98. The van der Waals surface area contributed by atoms with Gasteiger partial charge in [-0.3, -0.25) is 10.2 Å². The van der Waals surface area contributed by atoms with Gasteiger partial charge in [-0.2, -0.15) is 0 Å². The van der Waals surface area contributed by atoms with Gasteiger partial charge in [0.15, 0.2) is 0 Å². The minimum atomic E-state index is -0.497. The number of rotatable bonds is 3. The van der Waals surface area contributed by atoms with Crippen molar-refractivity contribution in [1.82, 2.24) is 10.9 Å². The molecule has 1 rings (SSSR count). The molecule has 0 radical (unpaired) electrons. The van der Waals surface area contributed by atoms with Gasteiger partial charge in [0, 0.05) is 12.6 Å². The van der Waals surface area contributed by atoms with Crippen LogP contribution in [0.2, 0.25) is 0 Å². The van der Waals surface area contributed by atoms with E-state index in [0.717, 1.165) is 0 Å². The lowest BCUT2D eigenvalue weighted by Gasteiger charge is -2.12. The number of amides is 1. The molecule has 4 heteroatoms. The minimum Gasteiger partial charge on any atom is -0.291 e. The van der Waals surface area contributed by atoms with Crippen molar-refractivity contribution in [2.45, 2.75) is 12.8 Å². The maximum atomic E-state index is 13.2. The molecule has 0 saturated heterocycles. The van der Waals surface area contributed by atoms with Gasteiger partial charge in [0.1, 0.15) is 5.82 Å². The van der Waals surface area contributed by atoms with Crippen molar-refractivity contribution in [3.63, 3.8) is 0 Å². The molecule has 0 bridgehead atoms. The molecule has 1 aromatic rings. The fraction of sp³-hybridized carbons (Fsp3) is 0.300. The maximum absolute atomic E-state index is 13.2. The van der Waals surface area contributed by atoms with Crippen molar-refractivity contribution < 1.29 is 9.18 Å². The molecule has 76 valence electrons. The fourth-order valence-electron chi connectivity index (χ4n) is 1.20. The second-order valence-corrected chi connectivity index (χ2v) is 2.98. The highest BCUT2D eigenvalue weighted by Crippen LogP contribution is 2.18. The fourth-order valence-corrected chi connectivity index (χ4v) is 1.20. The molecule has 0 spiro atoms. The molecule has 0 aliphatic heterocycles. The second kappa shape index (κ2) is 4.72. The summed E-state index contributed by atoms with van der Waals surface area (Å²) in [5, 5.41) is 0. The molecule has 0 aromatic heterocycles. The molecule has 14 heavy (non-hydrogen) atoms. The summed E-state index contributed by atoms with van der Waals surface area (Å²) in [5.41, 5.74) is 5.33. The van der Waals surface area contributed by atoms with Crippen LogP contribution in [0.3, 0.4) is 0 Å². The van der Waals surface area contributed by atoms with Crippen LogP contribution in [0.15, 0.2) is 24.3 Å². The first-order valence-electron chi connectivity index (χ1n) is 4.38. The predicted molar refractivity (Wildman–Crippen MR) is 52.0 cm³/mol. The van der Waals surface area contributed by atoms with E-state index in [-0.39, 0.29) is 11.7 Å². The van der Waals surface area contributed by atoms with Crippen LogP contribution in [0.1, 0.15) is 18.4 Å². The first kappa shape index (κ1) is 10.7. The third-order valence-electron chi connectivity index (χ3n) is 2.01. The standard InChI is InChI=1S/C10H13FN2O/c1-7(10(14)13-12-2)8-5-3-4-6-9(8)11/h3-7,12H,1-2H3,(H,13,14). The highest BCUT2D eigenvalue weighted by Gasteiger charge is 2.17. The molecule has 0 saturated carbocycles. The number of benzene rings is 1. The van der Waals surface area contributed by atoms with Crippen LogP contribution in [0, 0.1) is 5.82 Å². The van der Waals surface area contributed by atoms with E-state index in [1.807, 2.05) is 0 Å². The quantitative estimate of drug-likeness (QED) is 0.713. The van der Waals surface area contributed by atoms with E-state index in [2.05, 4.69) is 10.9 Å². The average Bonchev–Trinajstić information content (AvgIpc) is 2.18. The SMILES string of the molecule is CNNC(=O)C(C)c1ccccc1F. The summed E-state index contributed by atoms with van der Waals surface area (Å²) in [6, 6.07) is 6.26. The number of carbonyl (C=O) groups excluding carboxylic acids is 1. The van der Waals surface area contributed by atoms with Gasteiger partial charge >= 0.3 is 0 Å². The van der Waals surface area contributed by atoms with Crippen LogP contribution in [-0.4, -0.2) is 13.0 Å². The van der Waals surface area contributed by atoms with Crippen molar-refractivity contribution in [3.8, 4) is 0 Å². The summed E-state index contributed by atoms with van der Waals surface area (Å²) in [5.74, 6) is -1.10. The van der Waals surface area contributed by atoms with Crippen molar-refractivity contribution in [2.24, 2.45) is 0 Å². The molecule has 0 aliphatic carbocycles. The Bertz CT molecular complexity index is 328. The van der Waals surface area contributed by atoms with Gasteiger partial charge in [-0.1, -0.05) is 18.2 Å². The zero-order chi connectivity index (χ0) is 10.6. The molecule has 0 fully saturated rings. The lowest BCUT2D eigenvalue weighted by molar-refractivity contribution is -0.123. The monoisotopic (exact) mass is 196 g/mol. The normalized spacial score (nSPS) is 12.2. The van der Waals surface area contributed by atoms with Crippen LogP contribution >= 0.6 is 0 Å². The van der Waals surface area contributed by atoms with E-state index in [1.54, 1.807) is 32.2 Å². The van der Waals surface area contributed by atoms with Crippen molar-refractivity contribution in [1.29, 1.82) is 0 Å². The lowest BCUT2D eigenvalue weighted by Crippen LogP contribution is -2.37. The van der Waals surface area contributed by atoms with Gasteiger partial charge in [0.25, 0.3) is 0 Å². The van der Waals surface area contributed by atoms with Gasteiger partial charge in [0.2, 0.25) is 5.91 Å². The molecule has 3 nitrogen and oxygen atoms in total. The minimum absolute atomic E-state index is 0.252. The van der Waals surface area contributed by atoms with Gasteiger partial charge in [-0.05, 0) is 13.0 Å². The Morgan fingerprint density at radius 2 is 2.07 bits per heavy atom. The van der Waals surface area contributed by atoms with E-state index < -0.39 is 5.92 Å². The van der Waals surface area contributed by atoms with E-state index in [1.165, 1.54) is 6.07 Å². The maximum Gasteiger partial charge on any atom is 0.241 e. The molecular weight excluding hydrogens is 183 g/mol. The number of hydrazine groups is 1. The summed E-state index contributed by atoms with van der Waals surface area (Å²) < 4.78 is 13.2. The van der Waals surface area contributed by atoms with E-state index >= 15 is 0 Å². The number of halogens is 1. The van der Waals surface area contributed by atoms with Gasteiger partial charge in [0.05, 0.1) is 5.92 Å². The van der Waals surface area contributed by atoms with Crippen molar-refractivity contribution in [2.75, 3.05) is 7.05 Å². The first-order chi connectivity index (χ1) is 6.66. The molecule has 1 aromatic carbocycles. The Labute approximate surface area is 82.3 Å². The Morgan fingerprint density at radius 1 is 1.43 bits per heavy atom. The van der Waals surface area contributed by atoms with Gasteiger partial charge in [-0.25, -0.2) is 9.82 Å². The summed E-state index contributed by atoms with van der Waals surface area (Å²) in [6.07, 6.45) is 0. The number of nitrogens with one attached hydrogen (secondary N) is 2. The van der Waals surface area contributed by atoms with Crippen molar-refractivity contribution >= 4 is 5.91 Å². The van der Waals surface area contributed by atoms with E-state index in [9.17, 15) is 9.18 Å². The molecular formula is C10H13FN2O. The lowest BCUT2D eigenvalue weighted by atomic mass is 10.0. The van der Waals surface area contributed by atoms with Crippen LogP contribution < -0.4 is 10.9 Å². The third-order valence-corrected chi connectivity index (χ3v) is 2.01. The third kappa shape index (κ3) is 2.29. The van der Waals surface area contributed by atoms with Gasteiger partial charge < -0.3 is 0 Å². The van der Waals surface area contributed by atoms with Crippen LogP contribution in [0.4, 0.5) is 4.39 Å². The average molecular weight is 196 g/mol. The Hall–Kier alpha value is -1.42. The molecule has 0 heterocycles. The summed E-state index contributed by atoms with van der Waals surface area (Å²) >= 11 is 0. The number of hydrogen-bond acceptors (Lipinski definition) is 2. The zero-order valence-corrected chi connectivity index (χ0v) is 8.17. The molecule has 1 unspecified atom stereocenters. The highest BCUT2D eigenvalue weighted by molar-refractivity contribution is 5.82. The van der Waals surface area contributed by atoms with E-state index in [0.29, 0.717) is 5.56 Å². The molecule has 2 N–H and O–H groups in total.